The summed E-state index contributed by atoms with van der Waals surface area (Å²) < 4.78 is 7.58. The fraction of sp³-hybridized carbons (Fsp3) is 0.421. The number of carbonyl (C=O) groups is 2. The minimum absolute atomic E-state index is 0.0416. The lowest BCUT2D eigenvalue weighted by molar-refractivity contribution is 0.0755. The molecule has 1 saturated heterocycles. The minimum Gasteiger partial charge on any atom is -0.453 e. The van der Waals surface area contributed by atoms with Crippen molar-refractivity contribution < 1.29 is 14.3 Å². The molecule has 7 nitrogen and oxygen atoms in total. The van der Waals surface area contributed by atoms with Crippen LogP contribution in [0.4, 0.5) is 4.79 Å². The number of halogens is 1. The number of amides is 2. The molecule has 1 aliphatic heterocycles. The van der Waals surface area contributed by atoms with Crippen LogP contribution in [-0.4, -0.2) is 64.9 Å². The zero-order valence-corrected chi connectivity index (χ0v) is 17.3. The highest BCUT2D eigenvalue weighted by Crippen LogP contribution is 2.22. The van der Waals surface area contributed by atoms with Gasteiger partial charge in [0.1, 0.15) is 0 Å². The van der Waals surface area contributed by atoms with Gasteiger partial charge in [-0.15, -0.1) is 0 Å². The lowest BCUT2D eigenvalue weighted by Crippen LogP contribution is -2.37. The van der Waals surface area contributed by atoms with Crippen molar-refractivity contribution in [1.29, 1.82) is 0 Å². The molecule has 0 aliphatic carbocycles. The van der Waals surface area contributed by atoms with Gasteiger partial charge in [0.15, 0.2) is 0 Å². The highest BCUT2D eigenvalue weighted by atomic mass is 79.9. The van der Waals surface area contributed by atoms with Gasteiger partial charge in [-0.1, -0.05) is 15.9 Å². The van der Waals surface area contributed by atoms with Gasteiger partial charge in [0.05, 0.1) is 29.7 Å². The van der Waals surface area contributed by atoms with Crippen molar-refractivity contribution in [3.63, 3.8) is 0 Å². The fourth-order valence-electron chi connectivity index (χ4n) is 3.38. The molecular weight excluding hydrogens is 412 g/mol. The van der Waals surface area contributed by atoms with E-state index in [0.717, 1.165) is 22.3 Å². The Balaban J connectivity index is 1.83. The monoisotopic (exact) mass is 434 g/mol. The number of rotatable bonds is 2. The van der Waals surface area contributed by atoms with Crippen molar-refractivity contribution >= 4 is 27.9 Å². The topological polar surface area (TPSA) is 67.7 Å². The molecule has 0 atom stereocenters. The Morgan fingerprint density at radius 1 is 1.04 bits per heavy atom. The van der Waals surface area contributed by atoms with Crippen LogP contribution in [0.2, 0.25) is 0 Å². The molecule has 2 amide bonds. The number of benzene rings is 1. The van der Waals surface area contributed by atoms with Crippen molar-refractivity contribution in [1.82, 2.24) is 19.6 Å². The molecule has 0 N–H and O–H groups in total. The third-order valence-corrected chi connectivity index (χ3v) is 5.32. The molecule has 0 unspecified atom stereocenters. The number of aromatic nitrogens is 2. The SMILES string of the molecule is COC(=O)N1CCCN(C(=O)c2c(C)nn(-c3ccc(Br)cc3)c2C)CC1. The minimum atomic E-state index is -0.347. The summed E-state index contributed by atoms with van der Waals surface area (Å²) in [5.74, 6) is -0.0416. The number of nitrogens with zero attached hydrogens (tertiary/aromatic N) is 4. The van der Waals surface area contributed by atoms with Gasteiger partial charge in [-0.05, 0) is 44.5 Å². The number of methoxy groups -OCH3 is 1. The van der Waals surface area contributed by atoms with Gasteiger partial charge in [-0.3, -0.25) is 4.79 Å². The Bertz CT molecular complexity index is 847. The number of hydrogen-bond donors (Lipinski definition) is 0. The standard InChI is InChI=1S/C19H23BrN4O3/c1-13-17(14(2)24(21-13)16-7-5-15(20)6-8-16)18(25)22-9-4-10-23(12-11-22)19(26)27-3/h5-8H,4,9-12H2,1-3H3. The molecule has 8 heteroatoms. The summed E-state index contributed by atoms with van der Waals surface area (Å²) in [6.07, 6.45) is 0.375. The predicted molar refractivity (Wildman–Crippen MR) is 105 cm³/mol. The molecule has 3 rings (SSSR count). The summed E-state index contributed by atoms with van der Waals surface area (Å²) in [5.41, 5.74) is 3.05. The lowest BCUT2D eigenvalue weighted by atomic mass is 10.1. The molecule has 27 heavy (non-hydrogen) atoms. The first kappa shape index (κ1) is 19.4. The zero-order chi connectivity index (χ0) is 19.6. The van der Waals surface area contributed by atoms with Crippen molar-refractivity contribution in [3.8, 4) is 5.69 Å². The Hall–Kier alpha value is -2.35. The number of ether oxygens (including phenoxy) is 1. The fourth-order valence-corrected chi connectivity index (χ4v) is 3.64. The van der Waals surface area contributed by atoms with Gasteiger partial charge in [-0.25, -0.2) is 9.48 Å². The number of carbonyl (C=O) groups excluding carboxylic acids is 2. The number of hydrogen-bond acceptors (Lipinski definition) is 4. The van der Waals surface area contributed by atoms with Crippen LogP contribution in [-0.2, 0) is 4.74 Å². The van der Waals surface area contributed by atoms with E-state index in [2.05, 4.69) is 21.0 Å². The molecule has 1 aromatic carbocycles. The third kappa shape index (κ3) is 4.00. The molecular formula is C19H23BrN4O3. The van der Waals surface area contributed by atoms with Crippen LogP contribution >= 0.6 is 15.9 Å². The predicted octanol–water partition coefficient (Wildman–Crippen LogP) is 3.17. The molecule has 144 valence electrons. The van der Waals surface area contributed by atoms with E-state index in [1.54, 1.807) is 14.5 Å². The first-order chi connectivity index (χ1) is 12.9. The molecule has 0 radical (unpaired) electrons. The maximum absolute atomic E-state index is 13.2. The summed E-state index contributed by atoms with van der Waals surface area (Å²) in [7, 11) is 1.37. The molecule has 1 aromatic heterocycles. The first-order valence-corrected chi connectivity index (χ1v) is 9.66. The second kappa shape index (κ2) is 8.12. The summed E-state index contributed by atoms with van der Waals surface area (Å²) in [6, 6.07) is 7.81. The second-order valence-electron chi connectivity index (χ2n) is 6.54. The van der Waals surface area contributed by atoms with E-state index in [0.29, 0.717) is 37.4 Å². The van der Waals surface area contributed by atoms with Gasteiger partial charge in [-0.2, -0.15) is 5.10 Å². The van der Waals surface area contributed by atoms with Crippen LogP contribution in [0.1, 0.15) is 28.2 Å². The van der Waals surface area contributed by atoms with E-state index in [4.69, 9.17) is 4.74 Å². The Labute approximate surface area is 167 Å². The number of aryl methyl sites for hydroxylation is 1. The van der Waals surface area contributed by atoms with E-state index in [9.17, 15) is 9.59 Å². The maximum atomic E-state index is 13.2. The molecule has 2 aromatic rings. The van der Waals surface area contributed by atoms with Gasteiger partial charge in [0.2, 0.25) is 0 Å². The summed E-state index contributed by atoms with van der Waals surface area (Å²) >= 11 is 3.43. The van der Waals surface area contributed by atoms with Crippen LogP contribution in [0.3, 0.4) is 0 Å². The highest BCUT2D eigenvalue weighted by Gasteiger charge is 2.27. The molecule has 0 saturated carbocycles. The smallest absolute Gasteiger partial charge is 0.409 e. The molecule has 0 spiro atoms. The molecule has 0 bridgehead atoms. The average molecular weight is 435 g/mol. The van der Waals surface area contributed by atoms with Crippen LogP contribution in [0.15, 0.2) is 28.7 Å². The van der Waals surface area contributed by atoms with E-state index in [1.165, 1.54) is 7.11 Å². The average Bonchev–Trinajstić information content (AvgIpc) is 2.84. The first-order valence-electron chi connectivity index (χ1n) is 8.86. The summed E-state index contributed by atoms with van der Waals surface area (Å²) in [6.45, 7) is 5.91. The normalized spacial score (nSPS) is 14.8. The Morgan fingerprint density at radius 3 is 2.33 bits per heavy atom. The van der Waals surface area contributed by atoms with Crippen molar-refractivity contribution in [3.05, 3.63) is 45.7 Å². The summed E-state index contributed by atoms with van der Waals surface area (Å²) in [4.78, 5) is 28.3. The molecule has 1 aliphatic rings. The van der Waals surface area contributed by atoms with Gasteiger partial charge in [0.25, 0.3) is 5.91 Å². The molecule has 1 fully saturated rings. The van der Waals surface area contributed by atoms with E-state index in [1.807, 2.05) is 38.1 Å². The largest absolute Gasteiger partial charge is 0.453 e. The van der Waals surface area contributed by atoms with Gasteiger partial charge >= 0.3 is 6.09 Å². The van der Waals surface area contributed by atoms with Crippen LogP contribution in [0.25, 0.3) is 5.69 Å². The maximum Gasteiger partial charge on any atom is 0.409 e. The van der Waals surface area contributed by atoms with Crippen molar-refractivity contribution in [2.24, 2.45) is 0 Å². The van der Waals surface area contributed by atoms with Crippen LogP contribution in [0, 0.1) is 13.8 Å². The zero-order valence-electron chi connectivity index (χ0n) is 15.7. The van der Waals surface area contributed by atoms with Crippen LogP contribution < -0.4 is 0 Å². The highest BCUT2D eigenvalue weighted by molar-refractivity contribution is 9.10. The van der Waals surface area contributed by atoms with Gasteiger partial charge < -0.3 is 14.5 Å². The van der Waals surface area contributed by atoms with E-state index < -0.39 is 0 Å². The quantitative estimate of drug-likeness (QED) is 0.727. The molecule has 2 heterocycles. The van der Waals surface area contributed by atoms with Crippen LogP contribution in [0.5, 0.6) is 0 Å². The van der Waals surface area contributed by atoms with Crippen molar-refractivity contribution in [2.45, 2.75) is 20.3 Å². The Morgan fingerprint density at radius 2 is 1.67 bits per heavy atom. The Kier molecular flexibility index (Phi) is 5.84. The summed E-state index contributed by atoms with van der Waals surface area (Å²) in [5, 5.41) is 4.58. The van der Waals surface area contributed by atoms with Crippen molar-refractivity contribution in [2.75, 3.05) is 33.3 Å². The van der Waals surface area contributed by atoms with Gasteiger partial charge in [0, 0.05) is 30.7 Å². The third-order valence-electron chi connectivity index (χ3n) is 4.79. The van der Waals surface area contributed by atoms with E-state index >= 15 is 0 Å². The second-order valence-corrected chi connectivity index (χ2v) is 7.45. The lowest BCUT2D eigenvalue weighted by Gasteiger charge is -2.21. The van der Waals surface area contributed by atoms with E-state index in [-0.39, 0.29) is 12.0 Å².